The minimum atomic E-state index is -0.936. The summed E-state index contributed by atoms with van der Waals surface area (Å²) < 4.78 is 18.8. The van der Waals surface area contributed by atoms with Crippen molar-refractivity contribution in [1.82, 2.24) is 4.98 Å². The second-order valence-corrected chi connectivity index (χ2v) is 4.78. The van der Waals surface area contributed by atoms with Crippen LogP contribution in [0.3, 0.4) is 0 Å². The van der Waals surface area contributed by atoms with E-state index in [1.165, 1.54) is 23.5 Å². The van der Waals surface area contributed by atoms with Crippen LogP contribution in [0.15, 0.2) is 23.6 Å². The predicted octanol–water partition coefficient (Wildman–Crippen LogP) is 3.05. The first kappa shape index (κ1) is 14.3. The number of thiazole rings is 1. The lowest BCUT2D eigenvalue weighted by molar-refractivity contribution is -0.136. The number of anilines is 2. The molecule has 0 bridgehead atoms. The van der Waals surface area contributed by atoms with E-state index in [0.29, 0.717) is 23.1 Å². The number of hydrogen-bond acceptors (Lipinski definition) is 5. The molecular formula is C13H13FN2O3S. The summed E-state index contributed by atoms with van der Waals surface area (Å²) in [5.74, 6) is -1.20. The van der Waals surface area contributed by atoms with Crippen LogP contribution in [0.2, 0.25) is 0 Å². The van der Waals surface area contributed by atoms with Crippen LogP contribution in [0.1, 0.15) is 12.6 Å². The third kappa shape index (κ3) is 3.67. The molecule has 0 saturated heterocycles. The van der Waals surface area contributed by atoms with E-state index in [1.807, 2.05) is 0 Å². The second kappa shape index (κ2) is 6.33. The fourth-order valence-electron chi connectivity index (χ4n) is 1.58. The number of carboxylic acids is 1. The first-order valence-electron chi connectivity index (χ1n) is 5.94. The molecule has 2 aromatic rings. The smallest absolute Gasteiger partial charge is 0.309 e. The van der Waals surface area contributed by atoms with Gasteiger partial charge in [0.25, 0.3) is 0 Å². The number of rotatable bonds is 6. The molecule has 0 fully saturated rings. The van der Waals surface area contributed by atoms with E-state index in [2.05, 4.69) is 10.3 Å². The minimum absolute atomic E-state index is 0.129. The van der Waals surface area contributed by atoms with Gasteiger partial charge < -0.3 is 15.2 Å². The van der Waals surface area contributed by atoms with Gasteiger partial charge in [-0.3, -0.25) is 4.79 Å². The molecule has 1 aromatic carbocycles. The van der Waals surface area contributed by atoms with Gasteiger partial charge in [-0.25, -0.2) is 9.37 Å². The summed E-state index contributed by atoms with van der Waals surface area (Å²) >= 11 is 1.27. The van der Waals surface area contributed by atoms with Gasteiger partial charge in [0.1, 0.15) is 0 Å². The van der Waals surface area contributed by atoms with Gasteiger partial charge in [0, 0.05) is 17.1 Å². The molecule has 1 heterocycles. The number of halogens is 1. The Labute approximate surface area is 119 Å². The van der Waals surface area contributed by atoms with Crippen molar-refractivity contribution in [2.45, 2.75) is 13.3 Å². The van der Waals surface area contributed by atoms with E-state index in [4.69, 9.17) is 9.84 Å². The van der Waals surface area contributed by atoms with Gasteiger partial charge in [-0.2, -0.15) is 0 Å². The molecule has 0 saturated carbocycles. The van der Waals surface area contributed by atoms with Crippen molar-refractivity contribution >= 4 is 28.1 Å². The highest BCUT2D eigenvalue weighted by Gasteiger charge is 2.08. The van der Waals surface area contributed by atoms with Crippen molar-refractivity contribution in [3.05, 3.63) is 35.1 Å². The number of aliphatic carboxylic acids is 1. The molecule has 106 valence electrons. The number of carboxylic acid groups (broad SMARTS) is 1. The summed E-state index contributed by atoms with van der Waals surface area (Å²) in [5, 5.41) is 13.8. The molecule has 0 unspecified atom stereocenters. The van der Waals surface area contributed by atoms with Crippen LogP contribution >= 0.6 is 11.3 Å². The molecular weight excluding hydrogens is 283 g/mol. The summed E-state index contributed by atoms with van der Waals surface area (Å²) in [4.78, 5) is 14.7. The maximum atomic E-state index is 13.7. The van der Waals surface area contributed by atoms with Crippen LogP contribution in [0.5, 0.6) is 5.75 Å². The summed E-state index contributed by atoms with van der Waals surface area (Å²) in [6.45, 7) is 2.18. The molecule has 0 aliphatic rings. The van der Waals surface area contributed by atoms with Crippen molar-refractivity contribution in [3.8, 4) is 5.75 Å². The van der Waals surface area contributed by atoms with E-state index < -0.39 is 11.8 Å². The Morgan fingerprint density at radius 1 is 1.55 bits per heavy atom. The van der Waals surface area contributed by atoms with Crippen LogP contribution < -0.4 is 10.1 Å². The highest BCUT2D eigenvalue weighted by Crippen LogP contribution is 2.25. The van der Waals surface area contributed by atoms with E-state index in [1.54, 1.807) is 18.4 Å². The third-order valence-corrected chi connectivity index (χ3v) is 3.17. The first-order chi connectivity index (χ1) is 9.58. The molecule has 0 amide bonds. The zero-order chi connectivity index (χ0) is 14.5. The van der Waals surface area contributed by atoms with Gasteiger partial charge >= 0.3 is 5.97 Å². The number of aromatic nitrogens is 1. The van der Waals surface area contributed by atoms with Gasteiger partial charge in [-0.15, -0.1) is 11.3 Å². The minimum Gasteiger partial charge on any atom is -0.491 e. The van der Waals surface area contributed by atoms with Crippen LogP contribution in [0.4, 0.5) is 15.2 Å². The van der Waals surface area contributed by atoms with Crippen molar-refractivity contribution in [2.75, 3.05) is 11.9 Å². The molecule has 0 radical (unpaired) electrons. The van der Waals surface area contributed by atoms with Gasteiger partial charge in [0.15, 0.2) is 16.7 Å². The first-order valence-corrected chi connectivity index (χ1v) is 6.82. The molecule has 1 aromatic heterocycles. The van der Waals surface area contributed by atoms with E-state index >= 15 is 0 Å². The summed E-state index contributed by atoms with van der Waals surface area (Å²) in [5.41, 5.74) is 0.999. The molecule has 2 N–H and O–H groups in total. The Morgan fingerprint density at radius 3 is 3.00 bits per heavy atom. The van der Waals surface area contributed by atoms with Gasteiger partial charge in [-0.1, -0.05) is 0 Å². The largest absolute Gasteiger partial charge is 0.491 e. The predicted molar refractivity (Wildman–Crippen MR) is 74.3 cm³/mol. The molecule has 0 aliphatic heterocycles. The second-order valence-electron chi connectivity index (χ2n) is 3.92. The van der Waals surface area contributed by atoms with Crippen LogP contribution in [0, 0.1) is 5.82 Å². The average Bonchev–Trinajstić information content (AvgIpc) is 2.79. The maximum Gasteiger partial charge on any atom is 0.309 e. The lowest BCUT2D eigenvalue weighted by Gasteiger charge is -2.07. The number of hydrogen-bond donors (Lipinski definition) is 2. The van der Waals surface area contributed by atoms with E-state index in [9.17, 15) is 9.18 Å². The zero-order valence-corrected chi connectivity index (χ0v) is 11.5. The fourth-order valence-corrected chi connectivity index (χ4v) is 2.31. The lowest BCUT2D eigenvalue weighted by atomic mass is 10.3. The Balaban J connectivity index is 2.08. The Bertz CT molecular complexity index is 615. The van der Waals surface area contributed by atoms with Gasteiger partial charge in [-0.05, 0) is 19.1 Å². The highest BCUT2D eigenvalue weighted by atomic mass is 32.1. The fraction of sp³-hybridized carbons (Fsp3) is 0.231. The van der Waals surface area contributed by atoms with Crippen LogP contribution in [-0.2, 0) is 11.2 Å². The van der Waals surface area contributed by atoms with E-state index in [-0.39, 0.29) is 12.2 Å². The van der Waals surface area contributed by atoms with Gasteiger partial charge in [0.05, 0.1) is 18.7 Å². The Kier molecular flexibility index (Phi) is 4.52. The molecule has 0 aliphatic carbocycles. The molecule has 20 heavy (non-hydrogen) atoms. The Hall–Kier alpha value is -2.15. The molecule has 0 spiro atoms. The number of nitrogens with zero attached hydrogens (tertiary/aromatic N) is 1. The average molecular weight is 296 g/mol. The van der Waals surface area contributed by atoms with Crippen molar-refractivity contribution in [3.63, 3.8) is 0 Å². The van der Waals surface area contributed by atoms with Crippen molar-refractivity contribution in [2.24, 2.45) is 0 Å². The highest BCUT2D eigenvalue weighted by molar-refractivity contribution is 7.13. The van der Waals surface area contributed by atoms with E-state index in [0.717, 1.165) is 0 Å². The molecule has 2 rings (SSSR count). The topological polar surface area (TPSA) is 71.5 Å². The SMILES string of the molecule is CCOc1ccc(Nc2nc(CC(=O)O)cs2)cc1F. The quantitative estimate of drug-likeness (QED) is 0.857. The maximum absolute atomic E-state index is 13.7. The summed E-state index contributed by atoms with van der Waals surface area (Å²) in [7, 11) is 0. The van der Waals surface area contributed by atoms with Crippen molar-refractivity contribution in [1.29, 1.82) is 0 Å². The molecule has 0 atom stereocenters. The Morgan fingerprint density at radius 2 is 2.35 bits per heavy atom. The molecule has 5 nitrogen and oxygen atoms in total. The zero-order valence-electron chi connectivity index (χ0n) is 10.7. The molecule has 7 heteroatoms. The lowest BCUT2D eigenvalue weighted by Crippen LogP contribution is -2.00. The number of benzene rings is 1. The number of carbonyl (C=O) groups is 1. The monoisotopic (exact) mass is 296 g/mol. The summed E-state index contributed by atoms with van der Waals surface area (Å²) in [6.07, 6.45) is -0.129. The van der Waals surface area contributed by atoms with Crippen LogP contribution in [-0.4, -0.2) is 22.7 Å². The number of ether oxygens (including phenoxy) is 1. The standard InChI is InChI=1S/C13H13FN2O3S/c1-2-19-11-4-3-8(5-10(11)14)15-13-16-9(7-20-13)6-12(17)18/h3-5,7H,2,6H2,1H3,(H,15,16)(H,17,18). The van der Waals surface area contributed by atoms with Crippen LogP contribution in [0.25, 0.3) is 0 Å². The normalized spacial score (nSPS) is 10.3. The van der Waals surface area contributed by atoms with Crippen molar-refractivity contribution < 1.29 is 19.0 Å². The number of nitrogens with one attached hydrogen (secondary N) is 1. The third-order valence-electron chi connectivity index (χ3n) is 2.37. The van der Waals surface area contributed by atoms with Gasteiger partial charge in [0.2, 0.25) is 0 Å². The summed E-state index contributed by atoms with van der Waals surface area (Å²) in [6, 6.07) is 4.52.